The van der Waals surface area contributed by atoms with Gasteiger partial charge < -0.3 is 20.9 Å². The number of urea groups is 1. The number of carbonyl (C=O) groups is 3. The number of hydrogen-bond donors (Lipinski definition) is 3. The van der Waals surface area contributed by atoms with Crippen molar-refractivity contribution in [2.75, 3.05) is 18.2 Å². The number of thioether (sulfide) groups is 1. The summed E-state index contributed by atoms with van der Waals surface area (Å²) in [5, 5.41) is 9.13. The Morgan fingerprint density at radius 1 is 1.03 bits per heavy atom. The van der Waals surface area contributed by atoms with Gasteiger partial charge in [-0.1, -0.05) is 0 Å². The number of hydrogen-bond acceptors (Lipinski definition) is 4. The summed E-state index contributed by atoms with van der Waals surface area (Å²) < 4.78 is 0. The Balaban J connectivity index is 1.23. The van der Waals surface area contributed by atoms with E-state index < -0.39 is 6.04 Å². The Morgan fingerprint density at radius 2 is 1.63 bits per heavy atom. The van der Waals surface area contributed by atoms with Gasteiger partial charge >= 0.3 is 6.03 Å². The van der Waals surface area contributed by atoms with E-state index in [1.165, 1.54) is 19.3 Å². The lowest BCUT2D eigenvalue weighted by Gasteiger charge is -2.56. The van der Waals surface area contributed by atoms with Gasteiger partial charge in [0.1, 0.15) is 6.04 Å². The van der Waals surface area contributed by atoms with Crippen molar-refractivity contribution in [2.24, 2.45) is 17.8 Å². The van der Waals surface area contributed by atoms with Gasteiger partial charge in [0.05, 0.1) is 5.88 Å². The van der Waals surface area contributed by atoms with Crippen LogP contribution in [0.1, 0.15) is 65.7 Å². The Bertz CT molecular complexity index is 670. The van der Waals surface area contributed by atoms with Crippen LogP contribution >= 0.6 is 11.8 Å². The maximum atomic E-state index is 12.7. The minimum atomic E-state index is -0.428. The van der Waals surface area contributed by atoms with Gasteiger partial charge in [0.2, 0.25) is 11.8 Å². The summed E-state index contributed by atoms with van der Waals surface area (Å²) in [6, 6.07) is -0.579. The van der Waals surface area contributed by atoms with Crippen molar-refractivity contribution in [1.82, 2.24) is 20.9 Å². The minimum Gasteiger partial charge on any atom is -0.350 e. The molecule has 4 saturated carbocycles. The third-order valence-corrected chi connectivity index (χ3v) is 8.06. The first-order chi connectivity index (χ1) is 14.1. The zero-order valence-electron chi connectivity index (χ0n) is 18.5. The first-order valence-corrected chi connectivity index (χ1v) is 12.5. The predicted octanol–water partition coefficient (Wildman–Crippen LogP) is 2.46. The molecule has 4 aliphatic carbocycles. The van der Waals surface area contributed by atoms with Gasteiger partial charge in [0, 0.05) is 29.8 Å². The van der Waals surface area contributed by atoms with E-state index in [0.717, 1.165) is 37.0 Å². The highest BCUT2D eigenvalue weighted by Gasteiger charge is 2.51. The van der Waals surface area contributed by atoms with Gasteiger partial charge in [-0.05, 0) is 77.0 Å². The molecule has 5 aliphatic rings. The van der Waals surface area contributed by atoms with E-state index in [0.29, 0.717) is 18.2 Å². The molecule has 8 heteroatoms. The maximum Gasteiger partial charge on any atom is 0.315 e. The van der Waals surface area contributed by atoms with Crippen LogP contribution in [-0.4, -0.2) is 58.0 Å². The molecule has 1 atom stereocenters. The SMILES string of the molecule is CC(C)(C)NC(=O)C1CSCN1C(=O)CCNC(=O)NC12CC3CC(CC(C3)C1)C2. The predicted molar refractivity (Wildman–Crippen MR) is 118 cm³/mol. The quantitative estimate of drug-likeness (QED) is 0.617. The first-order valence-electron chi connectivity index (χ1n) is 11.4. The van der Waals surface area contributed by atoms with E-state index in [2.05, 4.69) is 16.0 Å². The molecule has 30 heavy (non-hydrogen) atoms. The Kier molecular flexibility index (Phi) is 5.99. The fraction of sp³-hybridized carbons (Fsp3) is 0.864. The molecule has 1 heterocycles. The fourth-order valence-electron chi connectivity index (χ4n) is 6.33. The first kappa shape index (κ1) is 21.8. The number of nitrogens with one attached hydrogen (secondary N) is 3. The minimum absolute atomic E-state index is 0.0232. The van der Waals surface area contributed by atoms with E-state index in [1.807, 2.05) is 20.8 Å². The second-order valence-electron chi connectivity index (χ2n) is 10.9. The monoisotopic (exact) mass is 436 g/mol. The van der Waals surface area contributed by atoms with Crippen molar-refractivity contribution < 1.29 is 14.4 Å². The van der Waals surface area contributed by atoms with E-state index in [-0.39, 0.29) is 35.3 Å². The molecule has 0 aromatic carbocycles. The van der Waals surface area contributed by atoms with Crippen LogP contribution in [0.2, 0.25) is 0 Å². The lowest BCUT2D eigenvalue weighted by molar-refractivity contribution is -0.138. The van der Waals surface area contributed by atoms with Gasteiger partial charge in [-0.2, -0.15) is 0 Å². The normalized spacial score (nSPS) is 34.7. The fourth-order valence-corrected chi connectivity index (χ4v) is 7.51. The van der Waals surface area contributed by atoms with Gasteiger partial charge in [-0.25, -0.2) is 4.79 Å². The summed E-state index contributed by atoms with van der Waals surface area (Å²) >= 11 is 1.59. The van der Waals surface area contributed by atoms with E-state index in [1.54, 1.807) is 16.7 Å². The molecule has 1 aliphatic heterocycles. The van der Waals surface area contributed by atoms with E-state index in [9.17, 15) is 14.4 Å². The van der Waals surface area contributed by atoms with E-state index >= 15 is 0 Å². The largest absolute Gasteiger partial charge is 0.350 e. The van der Waals surface area contributed by atoms with Crippen LogP contribution in [0.4, 0.5) is 4.79 Å². The van der Waals surface area contributed by atoms with Crippen molar-refractivity contribution in [3.63, 3.8) is 0 Å². The van der Waals surface area contributed by atoms with Gasteiger partial charge in [0.25, 0.3) is 0 Å². The lowest BCUT2D eigenvalue weighted by Crippen LogP contribution is -2.61. The molecular weight excluding hydrogens is 400 g/mol. The summed E-state index contributed by atoms with van der Waals surface area (Å²) in [5.41, 5.74) is -0.347. The number of nitrogens with zero attached hydrogens (tertiary/aromatic N) is 1. The molecule has 4 amide bonds. The second kappa shape index (κ2) is 8.24. The average molecular weight is 437 g/mol. The number of rotatable bonds is 5. The maximum absolute atomic E-state index is 12.7. The van der Waals surface area contributed by atoms with Crippen LogP contribution in [0.5, 0.6) is 0 Å². The zero-order valence-corrected chi connectivity index (χ0v) is 19.3. The van der Waals surface area contributed by atoms with Crippen LogP contribution in [0.25, 0.3) is 0 Å². The molecule has 0 radical (unpaired) electrons. The summed E-state index contributed by atoms with van der Waals surface area (Å²) in [6.07, 6.45) is 7.58. The third kappa shape index (κ3) is 4.89. The second-order valence-corrected chi connectivity index (χ2v) is 11.9. The van der Waals surface area contributed by atoms with E-state index in [4.69, 9.17) is 0 Å². The molecule has 0 spiro atoms. The average Bonchev–Trinajstić information content (AvgIpc) is 3.08. The lowest BCUT2D eigenvalue weighted by atomic mass is 9.53. The van der Waals surface area contributed by atoms with Gasteiger partial charge in [-0.3, -0.25) is 9.59 Å². The molecule has 0 aromatic heterocycles. The summed E-state index contributed by atoms with van der Waals surface area (Å²) in [7, 11) is 0. The van der Waals surface area contributed by atoms with Crippen molar-refractivity contribution >= 4 is 29.6 Å². The van der Waals surface area contributed by atoms with Crippen molar-refractivity contribution in [2.45, 2.75) is 82.8 Å². The number of amides is 4. The number of carbonyl (C=O) groups excluding carboxylic acids is 3. The molecule has 1 saturated heterocycles. The van der Waals surface area contributed by atoms with Crippen molar-refractivity contribution in [1.29, 1.82) is 0 Å². The molecule has 5 rings (SSSR count). The molecule has 7 nitrogen and oxygen atoms in total. The van der Waals surface area contributed by atoms with Crippen molar-refractivity contribution in [3.05, 3.63) is 0 Å². The molecule has 3 N–H and O–H groups in total. The van der Waals surface area contributed by atoms with Crippen molar-refractivity contribution in [3.8, 4) is 0 Å². The molecule has 5 fully saturated rings. The topological polar surface area (TPSA) is 90.5 Å². The van der Waals surface area contributed by atoms with Crippen LogP contribution in [0, 0.1) is 17.8 Å². The molecular formula is C22H36N4O3S. The highest BCUT2D eigenvalue weighted by molar-refractivity contribution is 7.99. The third-order valence-electron chi connectivity index (χ3n) is 7.04. The Labute approximate surface area is 183 Å². The molecule has 0 aromatic rings. The van der Waals surface area contributed by atoms with Crippen LogP contribution < -0.4 is 16.0 Å². The summed E-state index contributed by atoms with van der Waals surface area (Å²) in [5.74, 6) is 3.30. The smallest absolute Gasteiger partial charge is 0.315 e. The van der Waals surface area contributed by atoms with Gasteiger partial charge in [0.15, 0.2) is 0 Å². The zero-order chi connectivity index (χ0) is 21.5. The highest BCUT2D eigenvalue weighted by atomic mass is 32.2. The molecule has 168 valence electrons. The molecule has 1 unspecified atom stereocenters. The summed E-state index contributed by atoms with van der Waals surface area (Å²) in [4.78, 5) is 39.4. The molecule has 4 bridgehead atoms. The van der Waals surface area contributed by atoms with Gasteiger partial charge in [-0.15, -0.1) is 11.8 Å². The Hall–Kier alpha value is -1.44. The highest BCUT2D eigenvalue weighted by Crippen LogP contribution is 2.55. The summed E-state index contributed by atoms with van der Waals surface area (Å²) in [6.45, 7) is 6.11. The Morgan fingerprint density at radius 3 is 2.20 bits per heavy atom. The van der Waals surface area contributed by atoms with Crippen LogP contribution in [0.3, 0.4) is 0 Å². The van der Waals surface area contributed by atoms with Crippen LogP contribution in [-0.2, 0) is 9.59 Å². The van der Waals surface area contributed by atoms with Crippen LogP contribution in [0.15, 0.2) is 0 Å². The standard InChI is InChI=1S/C22H36N4O3S/c1-21(2,3)24-19(28)17-12-30-13-26(17)18(27)4-5-23-20(29)25-22-9-14-6-15(10-22)8-16(7-14)11-22/h14-17H,4-13H2,1-3H3,(H,24,28)(H2,23,25,29).